The van der Waals surface area contributed by atoms with Crippen molar-refractivity contribution in [3.63, 3.8) is 0 Å². The van der Waals surface area contributed by atoms with Crippen molar-refractivity contribution in [2.24, 2.45) is 4.99 Å². The fourth-order valence-electron chi connectivity index (χ4n) is 1.01. The number of aromatic nitrogens is 1. The van der Waals surface area contributed by atoms with Gasteiger partial charge in [0.1, 0.15) is 11.2 Å². The predicted octanol–water partition coefficient (Wildman–Crippen LogP) is 1.62. The van der Waals surface area contributed by atoms with Gasteiger partial charge in [-0.2, -0.15) is 0 Å². The molecule has 62 valence electrons. The highest BCUT2D eigenvalue weighted by Crippen LogP contribution is 2.09. The molecule has 0 unspecified atom stereocenters. The van der Waals surface area contributed by atoms with E-state index in [0.717, 1.165) is 16.7 Å². The second kappa shape index (κ2) is 3.23. The largest absolute Gasteiger partial charge is 0.475 e. The summed E-state index contributed by atoms with van der Waals surface area (Å²) in [5.74, 6) is 0.704. The lowest BCUT2D eigenvalue weighted by atomic mass is 10.3. The first-order valence-corrected chi connectivity index (χ1v) is 4.45. The Morgan fingerprint density at radius 2 is 2.33 bits per heavy atom. The molecule has 12 heavy (non-hydrogen) atoms. The number of hydrogen-bond donors (Lipinski definition) is 0. The summed E-state index contributed by atoms with van der Waals surface area (Å²) in [6, 6.07) is 3.81. The third kappa shape index (κ3) is 1.48. The molecule has 0 spiro atoms. The summed E-state index contributed by atoms with van der Waals surface area (Å²) < 4.78 is 6.10. The van der Waals surface area contributed by atoms with Crippen LogP contribution in [0.2, 0.25) is 0 Å². The lowest BCUT2D eigenvalue weighted by Crippen LogP contribution is -2.01. The Hall–Kier alpha value is -0.900. The topological polar surface area (TPSA) is 34.5 Å². The van der Waals surface area contributed by atoms with E-state index >= 15 is 0 Å². The monoisotopic (exact) mass is 226 g/mol. The molecule has 0 aromatic carbocycles. The highest BCUT2D eigenvalue weighted by molar-refractivity contribution is 9.10. The summed E-state index contributed by atoms with van der Waals surface area (Å²) in [5.41, 5.74) is 0.940. The van der Waals surface area contributed by atoms with Gasteiger partial charge in [0.2, 0.25) is 5.90 Å². The van der Waals surface area contributed by atoms with Gasteiger partial charge >= 0.3 is 0 Å². The highest BCUT2D eigenvalue weighted by atomic mass is 79.9. The predicted molar refractivity (Wildman–Crippen MR) is 49.3 cm³/mol. The van der Waals surface area contributed by atoms with Gasteiger partial charge in [-0.25, -0.2) is 9.98 Å². The van der Waals surface area contributed by atoms with Crippen LogP contribution in [-0.2, 0) is 4.74 Å². The fraction of sp³-hybridized carbons (Fsp3) is 0.250. The van der Waals surface area contributed by atoms with E-state index in [4.69, 9.17) is 4.74 Å². The van der Waals surface area contributed by atoms with E-state index in [0.29, 0.717) is 12.5 Å². The molecule has 0 bridgehead atoms. The molecule has 1 aromatic heterocycles. The molecule has 3 nitrogen and oxygen atoms in total. The number of ether oxygens (including phenoxy) is 1. The van der Waals surface area contributed by atoms with Gasteiger partial charge in [-0.3, -0.25) is 0 Å². The maximum Gasteiger partial charge on any atom is 0.217 e. The Morgan fingerprint density at radius 1 is 1.42 bits per heavy atom. The van der Waals surface area contributed by atoms with Crippen LogP contribution in [0.3, 0.4) is 0 Å². The third-order valence-corrected chi connectivity index (χ3v) is 2.03. The minimum Gasteiger partial charge on any atom is -0.475 e. The average molecular weight is 227 g/mol. The molecule has 2 rings (SSSR count). The van der Waals surface area contributed by atoms with E-state index in [1.165, 1.54) is 0 Å². The Balaban J connectivity index is 2.28. The van der Waals surface area contributed by atoms with Gasteiger partial charge in [-0.05, 0) is 28.1 Å². The van der Waals surface area contributed by atoms with Crippen molar-refractivity contribution in [2.45, 2.75) is 0 Å². The average Bonchev–Trinajstić information content (AvgIpc) is 2.58. The van der Waals surface area contributed by atoms with Crippen LogP contribution >= 0.6 is 15.9 Å². The second-order valence-electron chi connectivity index (χ2n) is 2.40. The van der Waals surface area contributed by atoms with Crippen LogP contribution in [0.5, 0.6) is 0 Å². The van der Waals surface area contributed by atoms with Gasteiger partial charge in [0.05, 0.1) is 12.1 Å². The van der Waals surface area contributed by atoms with Crippen LogP contribution in [0.1, 0.15) is 5.56 Å². The zero-order valence-electron chi connectivity index (χ0n) is 6.33. The van der Waals surface area contributed by atoms with Crippen molar-refractivity contribution < 1.29 is 4.74 Å². The van der Waals surface area contributed by atoms with Crippen LogP contribution in [0.25, 0.3) is 0 Å². The number of aliphatic imine (C=N–C) groups is 1. The normalized spacial score (nSPS) is 15.6. The van der Waals surface area contributed by atoms with Crippen LogP contribution in [0.4, 0.5) is 0 Å². The first kappa shape index (κ1) is 7.73. The second-order valence-corrected chi connectivity index (χ2v) is 3.22. The van der Waals surface area contributed by atoms with Crippen LogP contribution in [-0.4, -0.2) is 24.0 Å². The Kier molecular flexibility index (Phi) is 2.08. The highest BCUT2D eigenvalue weighted by Gasteiger charge is 2.09. The number of rotatable bonds is 1. The van der Waals surface area contributed by atoms with Gasteiger partial charge in [-0.15, -0.1) is 0 Å². The van der Waals surface area contributed by atoms with E-state index in [9.17, 15) is 0 Å². The van der Waals surface area contributed by atoms with E-state index < -0.39 is 0 Å². The molecule has 0 fully saturated rings. The molecule has 0 N–H and O–H groups in total. The van der Waals surface area contributed by atoms with Crippen molar-refractivity contribution in [1.82, 2.24) is 4.98 Å². The first-order valence-electron chi connectivity index (χ1n) is 3.65. The smallest absolute Gasteiger partial charge is 0.217 e. The van der Waals surface area contributed by atoms with E-state index in [1.807, 2.05) is 12.1 Å². The minimum atomic E-state index is 0.686. The van der Waals surface area contributed by atoms with E-state index in [1.54, 1.807) is 6.20 Å². The summed E-state index contributed by atoms with van der Waals surface area (Å²) in [7, 11) is 0. The quantitative estimate of drug-likeness (QED) is 0.683. The van der Waals surface area contributed by atoms with Gasteiger partial charge in [-0.1, -0.05) is 0 Å². The fourth-order valence-corrected chi connectivity index (χ4v) is 1.25. The first-order chi connectivity index (χ1) is 5.86. The van der Waals surface area contributed by atoms with Crippen molar-refractivity contribution in [2.75, 3.05) is 13.2 Å². The summed E-state index contributed by atoms with van der Waals surface area (Å²) in [6.45, 7) is 1.44. The number of nitrogens with zero attached hydrogens (tertiary/aromatic N) is 2. The maximum atomic E-state index is 5.27. The van der Waals surface area contributed by atoms with Crippen molar-refractivity contribution in [3.8, 4) is 0 Å². The molecular formula is C8H7BrN2O. The van der Waals surface area contributed by atoms with E-state index in [2.05, 4.69) is 25.9 Å². The molecule has 0 amide bonds. The number of hydrogen-bond acceptors (Lipinski definition) is 3. The van der Waals surface area contributed by atoms with Gasteiger partial charge in [0.25, 0.3) is 0 Å². The SMILES string of the molecule is Brc1ccc(C2=NCCO2)cn1. The Morgan fingerprint density at radius 3 is 2.92 bits per heavy atom. The van der Waals surface area contributed by atoms with Gasteiger partial charge in [0, 0.05) is 6.20 Å². The summed E-state index contributed by atoms with van der Waals surface area (Å²) in [4.78, 5) is 8.25. The Bertz CT molecular complexity index is 307. The summed E-state index contributed by atoms with van der Waals surface area (Å²) >= 11 is 3.26. The molecule has 1 aromatic rings. The number of pyridine rings is 1. The molecule has 0 saturated carbocycles. The molecule has 0 atom stereocenters. The van der Waals surface area contributed by atoms with E-state index in [-0.39, 0.29) is 0 Å². The van der Waals surface area contributed by atoms with Crippen LogP contribution in [0.15, 0.2) is 27.9 Å². The molecule has 4 heteroatoms. The zero-order valence-corrected chi connectivity index (χ0v) is 7.91. The molecule has 0 saturated heterocycles. The standard InChI is InChI=1S/C8H7BrN2O/c9-7-2-1-6(5-11-7)8-10-3-4-12-8/h1-2,5H,3-4H2. The van der Waals surface area contributed by atoms with Crippen LogP contribution < -0.4 is 0 Å². The number of halogens is 1. The lowest BCUT2D eigenvalue weighted by molar-refractivity contribution is 0.348. The lowest BCUT2D eigenvalue weighted by Gasteiger charge is -1.99. The van der Waals surface area contributed by atoms with Crippen molar-refractivity contribution in [1.29, 1.82) is 0 Å². The Labute approximate surface area is 78.6 Å². The summed E-state index contributed by atoms with van der Waals surface area (Å²) in [5, 5.41) is 0. The molecule has 0 radical (unpaired) electrons. The zero-order chi connectivity index (χ0) is 8.39. The molecule has 1 aliphatic rings. The third-order valence-electron chi connectivity index (χ3n) is 1.56. The van der Waals surface area contributed by atoms with Crippen molar-refractivity contribution in [3.05, 3.63) is 28.5 Å². The van der Waals surface area contributed by atoms with Crippen molar-refractivity contribution >= 4 is 21.8 Å². The van der Waals surface area contributed by atoms with Gasteiger partial charge in [0.15, 0.2) is 0 Å². The van der Waals surface area contributed by atoms with Gasteiger partial charge < -0.3 is 4.74 Å². The summed E-state index contributed by atoms with van der Waals surface area (Å²) in [6.07, 6.45) is 1.74. The molecule has 0 aliphatic carbocycles. The molecule has 2 heterocycles. The minimum absolute atomic E-state index is 0.686. The van der Waals surface area contributed by atoms with Crippen LogP contribution in [0, 0.1) is 0 Å². The molecule has 1 aliphatic heterocycles. The molecular weight excluding hydrogens is 220 g/mol. The maximum absolute atomic E-state index is 5.27.